The predicted octanol–water partition coefficient (Wildman–Crippen LogP) is 0.702. The van der Waals surface area contributed by atoms with Crippen LogP contribution in [-0.4, -0.2) is 25.2 Å². The lowest BCUT2D eigenvalue weighted by atomic mass is 10.2. The largest absolute Gasteiger partial charge is 0.295 e. The van der Waals surface area contributed by atoms with Crippen LogP contribution in [-0.2, 0) is 6.54 Å². The average Bonchev–Trinajstić information content (AvgIpc) is 2.82. The fourth-order valence-corrected chi connectivity index (χ4v) is 1.70. The van der Waals surface area contributed by atoms with Crippen molar-refractivity contribution in [2.24, 2.45) is 0 Å². The van der Waals surface area contributed by atoms with Gasteiger partial charge in [-0.25, -0.2) is 9.07 Å². The van der Waals surface area contributed by atoms with Gasteiger partial charge in [-0.3, -0.25) is 9.89 Å². The van der Waals surface area contributed by atoms with Gasteiger partial charge in [-0.15, -0.1) is 5.10 Å². The number of aromatic amines is 1. The van der Waals surface area contributed by atoms with E-state index in [-0.39, 0.29) is 17.9 Å². The molecule has 0 aliphatic rings. The summed E-state index contributed by atoms with van der Waals surface area (Å²) in [6.07, 6.45) is 1.43. The van der Waals surface area contributed by atoms with Crippen LogP contribution >= 0.6 is 0 Å². The maximum Gasteiger partial charge on any atom is 0.295 e. The SMILES string of the molecule is O=c1c2[nH]ncc2nnn1Cc1cccc(F)c1. The molecule has 0 saturated heterocycles. The molecule has 0 spiro atoms. The van der Waals surface area contributed by atoms with Gasteiger partial charge in [0.05, 0.1) is 12.7 Å². The van der Waals surface area contributed by atoms with Gasteiger partial charge in [0, 0.05) is 0 Å². The number of nitrogens with zero attached hydrogens (tertiary/aromatic N) is 4. The lowest BCUT2D eigenvalue weighted by Gasteiger charge is -2.03. The number of hydrogen-bond donors (Lipinski definition) is 1. The third kappa shape index (κ3) is 1.75. The first kappa shape index (κ1) is 10.6. The zero-order valence-corrected chi connectivity index (χ0v) is 9.17. The molecule has 0 radical (unpaired) electrons. The van der Waals surface area contributed by atoms with E-state index < -0.39 is 0 Å². The minimum Gasteiger partial charge on any atom is -0.271 e. The maximum atomic E-state index is 13.0. The van der Waals surface area contributed by atoms with Crippen LogP contribution in [0.3, 0.4) is 0 Å². The number of benzene rings is 1. The van der Waals surface area contributed by atoms with Gasteiger partial charge in [0.25, 0.3) is 5.56 Å². The van der Waals surface area contributed by atoms with Crippen LogP contribution in [0.1, 0.15) is 5.56 Å². The molecule has 3 rings (SSSR count). The molecule has 3 aromatic rings. The van der Waals surface area contributed by atoms with E-state index in [0.29, 0.717) is 16.6 Å². The Bertz CT molecular complexity index is 763. The Hall–Kier alpha value is -2.57. The molecule has 90 valence electrons. The maximum absolute atomic E-state index is 13.0. The van der Waals surface area contributed by atoms with Crippen LogP contribution in [0.4, 0.5) is 4.39 Å². The van der Waals surface area contributed by atoms with Crippen molar-refractivity contribution in [3.05, 3.63) is 52.2 Å². The van der Waals surface area contributed by atoms with Gasteiger partial charge in [-0.1, -0.05) is 17.3 Å². The van der Waals surface area contributed by atoms with Crippen molar-refractivity contribution >= 4 is 11.0 Å². The molecule has 6 nitrogen and oxygen atoms in total. The van der Waals surface area contributed by atoms with Crippen molar-refractivity contribution in [2.75, 3.05) is 0 Å². The lowest BCUT2D eigenvalue weighted by molar-refractivity contribution is 0.589. The highest BCUT2D eigenvalue weighted by atomic mass is 19.1. The number of nitrogens with one attached hydrogen (secondary N) is 1. The van der Waals surface area contributed by atoms with Crippen LogP contribution < -0.4 is 5.56 Å². The van der Waals surface area contributed by atoms with E-state index in [1.54, 1.807) is 12.1 Å². The summed E-state index contributed by atoms with van der Waals surface area (Å²) in [5.41, 5.74) is 1.02. The van der Waals surface area contributed by atoms with E-state index in [0.717, 1.165) is 4.68 Å². The average molecular weight is 245 g/mol. The summed E-state index contributed by atoms with van der Waals surface area (Å²) in [6.45, 7) is 0.165. The molecule has 1 N–H and O–H groups in total. The van der Waals surface area contributed by atoms with Gasteiger partial charge in [-0.05, 0) is 17.7 Å². The standard InChI is InChI=1S/C11H8FN5O/c12-8-3-1-2-7(4-8)6-17-11(18)10-9(14-16-17)5-13-15-10/h1-5H,6H2,(H,13,15). The van der Waals surface area contributed by atoms with E-state index in [1.165, 1.54) is 18.3 Å². The van der Waals surface area contributed by atoms with E-state index >= 15 is 0 Å². The topological polar surface area (TPSA) is 76.5 Å². The van der Waals surface area contributed by atoms with Crippen molar-refractivity contribution in [3.63, 3.8) is 0 Å². The van der Waals surface area contributed by atoms with Crippen molar-refractivity contribution in [3.8, 4) is 0 Å². The number of halogens is 1. The monoisotopic (exact) mass is 245 g/mol. The summed E-state index contributed by atoms with van der Waals surface area (Å²) in [4.78, 5) is 12.0. The molecule has 0 fully saturated rings. The third-order valence-electron chi connectivity index (χ3n) is 2.55. The number of H-pyrrole nitrogens is 1. The molecule has 0 aliphatic carbocycles. The fraction of sp³-hybridized carbons (Fsp3) is 0.0909. The number of rotatable bonds is 2. The van der Waals surface area contributed by atoms with E-state index in [9.17, 15) is 9.18 Å². The van der Waals surface area contributed by atoms with Gasteiger partial charge >= 0.3 is 0 Å². The van der Waals surface area contributed by atoms with Crippen LogP contribution in [0.2, 0.25) is 0 Å². The summed E-state index contributed by atoms with van der Waals surface area (Å²) < 4.78 is 14.2. The van der Waals surface area contributed by atoms with Gasteiger partial charge in [0.1, 0.15) is 11.3 Å². The Kier molecular flexibility index (Phi) is 2.36. The molecule has 0 amide bonds. The second-order valence-corrected chi connectivity index (χ2v) is 3.81. The number of hydrogen-bond acceptors (Lipinski definition) is 4. The molecule has 18 heavy (non-hydrogen) atoms. The summed E-state index contributed by atoms with van der Waals surface area (Å²) in [5.74, 6) is -0.351. The zero-order valence-electron chi connectivity index (χ0n) is 9.17. The molecule has 1 aromatic carbocycles. The number of aromatic nitrogens is 5. The second-order valence-electron chi connectivity index (χ2n) is 3.81. The van der Waals surface area contributed by atoms with Crippen molar-refractivity contribution in [1.29, 1.82) is 0 Å². The van der Waals surface area contributed by atoms with E-state index in [4.69, 9.17) is 0 Å². The van der Waals surface area contributed by atoms with Crippen LogP contribution in [0.15, 0.2) is 35.3 Å². The first-order valence-corrected chi connectivity index (χ1v) is 5.25. The Morgan fingerprint density at radius 1 is 1.39 bits per heavy atom. The summed E-state index contributed by atoms with van der Waals surface area (Å²) in [5, 5.41) is 13.9. The molecular weight excluding hydrogens is 237 g/mol. The summed E-state index contributed by atoms with van der Waals surface area (Å²) >= 11 is 0. The molecule has 0 atom stereocenters. The smallest absolute Gasteiger partial charge is 0.271 e. The Labute approximate surface area is 100 Å². The first-order valence-electron chi connectivity index (χ1n) is 5.25. The van der Waals surface area contributed by atoms with Gasteiger partial charge in [0.2, 0.25) is 0 Å². The molecule has 2 heterocycles. The summed E-state index contributed by atoms with van der Waals surface area (Å²) in [7, 11) is 0. The van der Waals surface area contributed by atoms with Gasteiger partial charge in [0.15, 0.2) is 5.52 Å². The van der Waals surface area contributed by atoms with E-state index in [1.807, 2.05) is 0 Å². The fourth-order valence-electron chi connectivity index (χ4n) is 1.70. The minimum atomic E-state index is -0.351. The normalized spacial score (nSPS) is 10.9. The molecule has 0 aliphatic heterocycles. The zero-order chi connectivity index (χ0) is 12.5. The third-order valence-corrected chi connectivity index (χ3v) is 2.55. The molecular formula is C11H8FN5O. The molecule has 2 aromatic heterocycles. The highest BCUT2D eigenvalue weighted by Gasteiger charge is 2.07. The quantitative estimate of drug-likeness (QED) is 0.721. The highest BCUT2D eigenvalue weighted by Crippen LogP contribution is 2.05. The Morgan fingerprint density at radius 3 is 3.11 bits per heavy atom. The molecule has 7 heteroatoms. The minimum absolute atomic E-state index is 0.165. The lowest BCUT2D eigenvalue weighted by Crippen LogP contribution is -2.24. The molecule has 0 saturated carbocycles. The van der Waals surface area contributed by atoms with Crippen molar-refractivity contribution in [1.82, 2.24) is 25.2 Å². The second kappa shape index (κ2) is 4.02. The molecule has 0 bridgehead atoms. The van der Waals surface area contributed by atoms with Gasteiger partial charge < -0.3 is 0 Å². The van der Waals surface area contributed by atoms with Crippen molar-refractivity contribution in [2.45, 2.75) is 6.54 Å². The highest BCUT2D eigenvalue weighted by molar-refractivity contribution is 5.70. The van der Waals surface area contributed by atoms with Crippen molar-refractivity contribution < 1.29 is 4.39 Å². The van der Waals surface area contributed by atoms with E-state index in [2.05, 4.69) is 20.5 Å². The van der Waals surface area contributed by atoms with Crippen LogP contribution in [0.25, 0.3) is 11.0 Å². The predicted molar refractivity (Wildman–Crippen MR) is 61.4 cm³/mol. The van der Waals surface area contributed by atoms with Crippen LogP contribution in [0, 0.1) is 5.82 Å². The summed E-state index contributed by atoms with van der Waals surface area (Å²) in [6, 6.07) is 5.99. The van der Waals surface area contributed by atoms with Crippen LogP contribution in [0.5, 0.6) is 0 Å². The number of fused-ring (bicyclic) bond motifs is 1. The Morgan fingerprint density at radius 2 is 2.28 bits per heavy atom. The van der Waals surface area contributed by atoms with Gasteiger partial charge in [-0.2, -0.15) is 5.10 Å². The first-order chi connectivity index (χ1) is 8.74. The Balaban J connectivity index is 2.05. The molecule has 0 unspecified atom stereocenters.